The standard InChI is InChI=1S/C20H17F4N3O4S/c1-30-19-16(27-32(2,28)29)10-15(25-26-19)14-7-4-8-17(18(14)21)31-11-12-5-3-6-13(9-12)20(22,23)24/h3-10H,11H2,1-2H3,(H,25,27). The molecule has 32 heavy (non-hydrogen) atoms. The van der Waals surface area contributed by atoms with E-state index in [0.717, 1.165) is 18.4 Å². The van der Waals surface area contributed by atoms with Gasteiger partial charge in [0.25, 0.3) is 5.88 Å². The number of ether oxygens (including phenoxy) is 2. The Morgan fingerprint density at radius 3 is 2.44 bits per heavy atom. The number of halogens is 4. The van der Waals surface area contributed by atoms with Crippen LogP contribution in [0.5, 0.6) is 11.6 Å². The molecule has 3 aromatic rings. The van der Waals surface area contributed by atoms with Crippen LogP contribution in [0, 0.1) is 5.82 Å². The van der Waals surface area contributed by atoms with Crippen LogP contribution >= 0.6 is 0 Å². The topological polar surface area (TPSA) is 90.4 Å². The fraction of sp³-hybridized carbons (Fsp3) is 0.200. The molecular weight excluding hydrogens is 454 g/mol. The van der Waals surface area contributed by atoms with E-state index in [1.54, 1.807) is 0 Å². The number of hydrogen-bond donors (Lipinski definition) is 1. The first-order valence-corrected chi connectivity index (χ1v) is 10.8. The maximum Gasteiger partial charge on any atom is 0.416 e. The van der Waals surface area contributed by atoms with E-state index in [4.69, 9.17) is 9.47 Å². The molecule has 0 amide bonds. The van der Waals surface area contributed by atoms with Gasteiger partial charge in [-0.25, -0.2) is 12.8 Å². The molecule has 0 saturated carbocycles. The highest BCUT2D eigenvalue weighted by Gasteiger charge is 2.30. The van der Waals surface area contributed by atoms with E-state index >= 15 is 4.39 Å². The minimum atomic E-state index is -4.51. The predicted octanol–water partition coefficient (Wildman–Crippen LogP) is 4.26. The minimum Gasteiger partial charge on any atom is -0.486 e. The minimum absolute atomic E-state index is 0.0148. The van der Waals surface area contributed by atoms with Crippen LogP contribution in [0.1, 0.15) is 11.1 Å². The molecule has 0 radical (unpaired) electrons. The Kier molecular flexibility index (Phi) is 6.53. The lowest BCUT2D eigenvalue weighted by Crippen LogP contribution is -2.12. The van der Waals surface area contributed by atoms with Crippen molar-refractivity contribution >= 4 is 15.7 Å². The van der Waals surface area contributed by atoms with Crippen molar-refractivity contribution in [3.8, 4) is 22.9 Å². The van der Waals surface area contributed by atoms with E-state index in [1.165, 1.54) is 43.5 Å². The van der Waals surface area contributed by atoms with E-state index in [9.17, 15) is 21.6 Å². The summed E-state index contributed by atoms with van der Waals surface area (Å²) < 4.78 is 89.3. The number of nitrogens with one attached hydrogen (secondary N) is 1. The van der Waals surface area contributed by atoms with Gasteiger partial charge in [0.1, 0.15) is 12.3 Å². The summed E-state index contributed by atoms with van der Waals surface area (Å²) in [5.41, 5.74) is -0.757. The summed E-state index contributed by atoms with van der Waals surface area (Å²) >= 11 is 0. The second-order valence-corrected chi connectivity index (χ2v) is 8.38. The van der Waals surface area contributed by atoms with Crippen LogP contribution in [0.15, 0.2) is 48.5 Å². The van der Waals surface area contributed by atoms with Gasteiger partial charge in [-0.2, -0.15) is 13.2 Å². The van der Waals surface area contributed by atoms with Gasteiger partial charge in [-0.1, -0.05) is 18.2 Å². The number of benzene rings is 2. The van der Waals surface area contributed by atoms with Gasteiger partial charge in [-0.3, -0.25) is 4.72 Å². The maximum atomic E-state index is 15.0. The third kappa shape index (κ3) is 5.63. The monoisotopic (exact) mass is 471 g/mol. The van der Waals surface area contributed by atoms with E-state index in [-0.39, 0.29) is 40.7 Å². The molecule has 0 aliphatic carbocycles. The zero-order chi connectivity index (χ0) is 23.5. The summed E-state index contributed by atoms with van der Waals surface area (Å²) in [5.74, 6) is -1.18. The van der Waals surface area contributed by atoms with Gasteiger partial charge >= 0.3 is 6.18 Å². The average molecular weight is 471 g/mol. The summed E-state index contributed by atoms with van der Waals surface area (Å²) in [4.78, 5) is 0. The van der Waals surface area contributed by atoms with Crippen LogP contribution in [0.2, 0.25) is 0 Å². The molecule has 7 nitrogen and oxygen atoms in total. The predicted molar refractivity (Wildman–Crippen MR) is 108 cm³/mol. The van der Waals surface area contributed by atoms with Gasteiger partial charge in [-0.05, 0) is 35.9 Å². The third-order valence-corrected chi connectivity index (χ3v) is 4.73. The molecular formula is C20H17F4N3O4S. The summed E-state index contributed by atoms with van der Waals surface area (Å²) in [6, 6.07) is 9.87. The average Bonchev–Trinajstić information content (AvgIpc) is 2.71. The van der Waals surface area contributed by atoms with Crippen LogP contribution in [0.25, 0.3) is 11.3 Å². The van der Waals surface area contributed by atoms with Crippen LogP contribution in [-0.4, -0.2) is 32.0 Å². The Labute approximate surface area is 181 Å². The first kappa shape index (κ1) is 23.3. The number of anilines is 1. The van der Waals surface area contributed by atoms with E-state index in [1.807, 2.05) is 0 Å². The smallest absolute Gasteiger partial charge is 0.416 e. The number of nitrogens with zero attached hydrogens (tertiary/aromatic N) is 2. The van der Waals surface area contributed by atoms with Crippen molar-refractivity contribution in [2.75, 3.05) is 18.1 Å². The summed E-state index contributed by atoms with van der Waals surface area (Å²) in [6.45, 7) is -0.306. The van der Waals surface area contributed by atoms with Crippen molar-refractivity contribution in [3.05, 3.63) is 65.5 Å². The molecule has 1 heterocycles. The highest BCUT2D eigenvalue weighted by Crippen LogP contribution is 2.33. The lowest BCUT2D eigenvalue weighted by atomic mass is 10.1. The fourth-order valence-corrected chi connectivity index (χ4v) is 3.30. The molecule has 0 aliphatic heterocycles. The zero-order valence-corrected chi connectivity index (χ0v) is 17.6. The van der Waals surface area contributed by atoms with Crippen LogP contribution < -0.4 is 14.2 Å². The molecule has 0 atom stereocenters. The van der Waals surface area contributed by atoms with Crippen molar-refractivity contribution < 1.29 is 35.5 Å². The number of rotatable bonds is 7. The van der Waals surface area contributed by atoms with Crippen molar-refractivity contribution in [3.63, 3.8) is 0 Å². The third-order valence-electron chi connectivity index (χ3n) is 4.14. The molecule has 0 unspecified atom stereocenters. The van der Waals surface area contributed by atoms with Crippen molar-refractivity contribution in [2.45, 2.75) is 12.8 Å². The Morgan fingerprint density at radius 2 is 1.78 bits per heavy atom. The van der Waals surface area contributed by atoms with Gasteiger partial charge in [0.15, 0.2) is 11.6 Å². The van der Waals surface area contributed by atoms with Gasteiger partial charge in [0, 0.05) is 5.56 Å². The van der Waals surface area contributed by atoms with Crippen LogP contribution in [-0.2, 0) is 22.8 Å². The number of sulfonamides is 1. The van der Waals surface area contributed by atoms with Crippen molar-refractivity contribution in [1.29, 1.82) is 0 Å². The Bertz CT molecular complexity index is 1230. The normalized spacial score (nSPS) is 11.8. The Hall–Kier alpha value is -3.41. The number of hydrogen-bond acceptors (Lipinski definition) is 6. The maximum absolute atomic E-state index is 15.0. The molecule has 0 spiro atoms. The number of alkyl halides is 3. The van der Waals surface area contributed by atoms with Gasteiger partial charge in [0.2, 0.25) is 10.0 Å². The summed E-state index contributed by atoms with van der Waals surface area (Å²) in [5, 5.41) is 7.58. The molecule has 170 valence electrons. The first-order valence-electron chi connectivity index (χ1n) is 8.95. The molecule has 0 saturated heterocycles. The summed E-state index contributed by atoms with van der Waals surface area (Å²) in [7, 11) is -2.41. The highest BCUT2D eigenvalue weighted by atomic mass is 32.2. The molecule has 1 N–H and O–H groups in total. The molecule has 1 aromatic heterocycles. The quantitative estimate of drug-likeness (QED) is 0.518. The zero-order valence-electron chi connectivity index (χ0n) is 16.8. The van der Waals surface area contributed by atoms with Crippen molar-refractivity contribution in [1.82, 2.24) is 10.2 Å². The van der Waals surface area contributed by atoms with Crippen LogP contribution in [0.4, 0.5) is 23.2 Å². The SMILES string of the molecule is COc1nnc(-c2cccc(OCc3cccc(C(F)(F)F)c3)c2F)cc1NS(C)(=O)=O. The number of methoxy groups -OCH3 is 1. The second-order valence-electron chi connectivity index (χ2n) is 6.63. The van der Waals surface area contributed by atoms with Gasteiger partial charge in [0.05, 0.1) is 24.6 Å². The molecule has 0 aliphatic rings. The largest absolute Gasteiger partial charge is 0.486 e. The lowest BCUT2D eigenvalue weighted by Gasteiger charge is -2.13. The molecule has 12 heteroatoms. The van der Waals surface area contributed by atoms with Gasteiger partial charge in [-0.15, -0.1) is 10.2 Å². The van der Waals surface area contributed by atoms with Gasteiger partial charge < -0.3 is 9.47 Å². The number of aromatic nitrogens is 2. The Morgan fingerprint density at radius 1 is 1.06 bits per heavy atom. The molecule has 2 aromatic carbocycles. The first-order chi connectivity index (χ1) is 15.0. The summed E-state index contributed by atoms with van der Waals surface area (Å²) in [6.07, 6.45) is -3.58. The highest BCUT2D eigenvalue weighted by molar-refractivity contribution is 7.92. The fourth-order valence-electron chi connectivity index (χ4n) is 2.75. The van der Waals surface area contributed by atoms with E-state index in [0.29, 0.717) is 0 Å². The second kappa shape index (κ2) is 8.99. The lowest BCUT2D eigenvalue weighted by molar-refractivity contribution is -0.137. The molecule has 0 fully saturated rings. The van der Waals surface area contributed by atoms with Crippen molar-refractivity contribution in [2.24, 2.45) is 0 Å². The molecule has 3 rings (SSSR count). The van der Waals surface area contributed by atoms with E-state index < -0.39 is 27.6 Å². The van der Waals surface area contributed by atoms with E-state index in [2.05, 4.69) is 14.9 Å². The molecule has 0 bridgehead atoms. The van der Waals surface area contributed by atoms with Crippen LogP contribution in [0.3, 0.4) is 0 Å². The Balaban J connectivity index is 1.89.